The summed E-state index contributed by atoms with van der Waals surface area (Å²) in [6, 6.07) is 13.0. The largest absolute Gasteiger partial charge is 0.484 e. The van der Waals surface area contributed by atoms with E-state index in [9.17, 15) is 13.2 Å². The van der Waals surface area contributed by atoms with E-state index < -0.39 is 10.0 Å². The van der Waals surface area contributed by atoms with E-state index >= 15 is 0 Å². The Morgan fingerprint density at radius 3 is 2.52 bits per heavy atom. The van der Waals surface area contributed by atoms with Gasteiger partial charge in [-0.05, 0) is 55.3 Å². The molecule has 0 radical (unpaired) electrons. The molecule has 0 saturated heterocycles. The number of nitrogens with one attached hydrogen (secondary N) is 2. The van der Waals surface area contributed by atoms with Crippen LogP contribution < -0.4 is 14.8 Å². The monoisotopic (exact) mass is 392 g/mol. The molecule has 27 heavy (non-hydrogen) atoms. The number of amides is 1. The van der Waals surface area contributed by atoms with Crippen LogP contribution in [0.25, 0.3) is 0 Å². The molecular formula is C19H24N2O5S. The van der Waals surface area contributed by atoms with Crippen LogP contribution in [0.2, 0.25) is 0 Å². The molecule has 0 heterocycles. The van der Waals surface area contributed by atoms with Crippen LogP contribution in [0.5, 0.6) is 5.75 Å². The topological polar surface area (TPSA) is 93.7 Å². The van der Waals surface area contributed by atoms with Crippen molar-refractivity contribution in [3.8, 4) is 5.75 Å². The average molecular weight is 392 g/mol. The Labute approximate surface area is 159 Å². The molecule has 2 aromatic carbocycles. The molecule has 0 atom stereocenters. The third kappa shape index (κ3) is 6.92. The second-order valence-corrected chi connectivity index (χ2v) is 7.61. The lowest BCUT2D eigenvalue weighted by Gasteiger charge is -2.10. The smallest absolute Gasteiger partial charge is 0.261 e. The number of carbonyl (C=O) groups excluding carboxylic acids is 1. The minimum absolute atomic E-state index is 0.111. The van der Waals surface area contributed by atoms with Gasteiger partial charge in [-0.15, -0.1) is 0 Å². The van der Waals surface area contributed by atoms with Crippen LogP contribution >= 0.6 is 0 Å². The highest BCUT2D eigenvalue weighted by atomic mass is 32.2. The third-order valence-corrected chi connectivity index (χ3v) is 5.02. The predicted octanol–water partition coefficient (Wildman–Crippen LogP) is 2.33. The van der Waals surface area contributed by atoms with Gasteiger partial charge in [-0.25, -0.2) is 8.42 Å². The van der Waals surface area contributed by atoms with Crippen molar-refractivity contribution in [2.75, 3.05) is 31.6 Å². The highest BCUT2D eigenvalue weighted by Gasteiger charge is 2.14. The molecule has 7 nitrogen and oxygen atoms in total. The molecule has 8 heteroatoms. The maximum atomic E-state index is 12.4. The zero-order valence-corrected chi connectivity index (χ0v) is 16.2. The van der Waals surface area contributed by atoms with Gasteiger partial charge in [-0.2, -0.15) is 0 Å². The lowest BCUT2D eigenvalue weighted by atomic mass is 10.2. The fourth-order valence-corrected chi connectivity index (χ4v) is 3.33. The maximum absolute atomic E-state index is 12.4. The lowest BCUT2D eigenvalue weighted by molar-refractivity contribution is -0.123. The number of aryl methyl sites for hydroxylation is 1. The van der Waals surface area contributed by atoms with Crippen molar-refractivity contribution in [2.45, 2.75) is 18.2 Å². The van der Waals surface area contributed by atoms with Crippen molar-refractivity contribution >= 4 is 21.6 Å². The Kier molecular flexibility index (Phi) is 7.63. The van der Waals surface area contributed by atoms with Gasteiger partial charge in [0.1, 0.15) is 5.75 Å². The van der Waals surface area contributed by atoms with Crippen LogP contribution in [-0.4, -0.2) is 41.2 Å². The molecule has 0 saturated carbocycles. The Hall–Kier alpha value is -2.58. The van der Waals surface area contributed by atoms with Crippen molar-refractivity contribution in [3.05, 3.63) is 54.1 Å². The van der Waals surface area contributed by atoms with E-state index in [0.717, 1.165) is 12.0 Å². The summed E-state index contributed by atoms with van der Waals surface area (Å²) in [7, 11) is -2.09. The standard InChI is InChI=1S/C19H24N2O5S/c1-15-5-3-6-16(13-15)21-27(23,24)18-9-7-17(8-10-18)26-14-19(22)20-11-4-12-25-2/h3,5-10,13,21H,4,11-12,14H2,1-2H3,(H,20,22). The van der Waals surface area contributed by atoms with E-state index in [1.807, 2.05) is 13.0 Å². The number of rotatable bonds is 10. The molecule has 0 aliphatic rings. The van der Waals surface area contributed by atoms with Crippen molar-refractivity contribution in [1.29, 1.82) is 0 Å². The molecule has 2 rings (SSSR count). The number of methoxy groups -OCH3 is 1. The fraction of sp³-hybridized carbons (Fsp3) is 0.316. The normalized spacial score (nSPS) is 11.0. The molecule has 146 valence electrons. The third-order valence-electron chi connectivity index (χ3n) is 3.62. The summed E-state index contributed by atoms with van der Waals surface area (Å²) in [5.74, 6) is 0.167. The van der Waals surface area contributed by atoms with Gasteiger partial charge in [0.2, 0.25) is 0 Å². The zero-order chi connectivity index (χ0) is 19.7. The predicted molar refractivity (Wildman–Crippen MR) is 103 cm³/mol. The average Bonchev–Trinajstić information content (AvgIpc) is 2.63. The van der Waals surface area contributed by atoms with Crippen molar-refractivity contribution < 1.29 is 22.7 Å². The summed E-state index contributed by atoms with van der Waals surface area (Å²) in [4.78, 5) is 11.8. The van der Waals surface area contributed by atoms with Crippen LogP contribution in [0.15, 0.2) is 53.4 Å². The van der Waals surface area contributed by atoms with E-state index in [-0.39, 0.29) is 17.4 Å². The van der Waals surface area contributed by atoms with Crippen LogP contribution in [0.1, 0.15) is 12.0 Å². The summed E-state index contributed by atoms with van der Waals surface area (Å²) in [6.07, 6.45) is 0.725. The van der Waals surface area contributed by atoms with Gasteiger partial charge in [-0.1, -0.05) is 12.1 Å². The van der Waals surface area contributed by atoms with Gasteiger partial charge < -0.3 is 14.8 Å². The molecule has 0 spiro atoms. The number of carbonyl (C=O) groups is 1. The Balaban J connectivity index is 1.89. The summed E-state index contributed by atoms with van der Waals surface area (Å²) < 4.78 is 37.7. The minimum atomic E-state index is -3.69. The van der Waals surface area contributed by atoms with Gasteiger partial charge >= 0.3 is 0 Å². The first kappa shape index (κ1) is 20.7. The molecule has 0 aromatic heterocycles. The number of ether oxygens (including phenoxy) is 2. The maximum Gasteiger partial charge on any atom is 0.261 e. The van der Waals surface area contributed by atoms with Gasteiger partial charge in [0.25, 0.3) is 15.9 Å². The van der Waals surface area contributed by atoms with Crippen LogP contribution in [0.3, 0.4) is 0 Å². The Bertz CT molecular complexity index is 851. The van der Waals surface area contributed by atoms with Crippen LogP contribution in [0.4, 0.5) is 5.69 Å². The molecule has 2 aromatic rings. The number of hydrogen-bond acceptors (Lipinski definition) is 5. The van der Waals surface area contributed by atoms with Crippen molar-refractivity contribution in [2.24, 2.45) is 0 Å². The number of anilines is 1. The Morgan fingerprint density at radius 2 is 1.85 bits per heavy atom. The number of hydrogen-bond donors (Lipinski definition) is 2. The lowest BCUT2D eigenvalue weighted by Crippen LogP contribution is -2.30. The second kappa shape index (κ2) is 9.94. The van der Waals surface area contributed by atoms with Crippen molar-refractivity contribution in [3.63, 3.8) is 0 Å². The molecule has 0 aliphatic heterocycles. The van der Waals surface area contributed by atoms with E-state index in [1.165, 1.54) is 24.3 Å². The van der Waals surface area contributed by atoms with E-state index in [1.54, 1.807) is 25.3 Å². The fourth-order valence-electron chi connectivity index (χ4n) is 2.28. The highest BCUT2D eigenvalue weighted by Crippen LogP contribution is 2.19. The molecule has 0 unspecified atom stereocenters. The Morgan fingerprint density at radius 1 is 1.11 bits per heavy atom. The van der Waals surface area contributed by atoms with Crippen LogP contribution in [0, 0.1) is 6.92 Å². The van der Waals surface area contributed by atoms with Crippen molar-refractivity contribution in [1.82, 2.24) is 5.32 Å². The van der Waals surface area contributed by atoms with E-state index in [2.05, 4.69) is 10.0 Å². The summed E-state index contributed by atoms with van der Waals surface area (Å²) >= 11 is 0. The first-order chi connectivity index (χ1) is 12.9. The molecule has 0 aliphatic carbocycles. The summed E-state index contributed by atoms with van der Waals surface area (Å²) in [5, 5.41) is 2.71. The minimum Gasteiger partial charge on any atom is -0.484 e. The quantitative estimate of drug-likeness (QED) is 0.605. The number of sulfonamides is 1. The SMILES string of the molecule is COCCCNC(=O)COc1ccc(S(=O)(=O)Nc2cccc(C)c2)cc1. The molecule has 2 N–H and O–H groups in total. The van der Waals surface area contributed by atoms with Crippen LogP contribution in [-0.2, 0) is 19.6 Å². The van der Waals surface area contributed by atoms with E-state index in [4.69, 9.17) is 9.47 Å². The molecular weight excluding hydrogens is 368 g/mol. The molecule has 1 amide bonds. The first-order valence-corrected chi connectivity index (χ1v) is 9.97. The molecule has 0 fully saturated rings. The van der Waals surface area contributed by atoms with Gasteiger partial charge in [-0.3, -0.25) is 9.52 Å². The van der Waals surface area contributed by atoms with Gasteiger partial charge in [0, 0.05) is 25.9 Å². The summed E-state index contributed by atoms with van der Waals surface area (Å²) in [6.45, 7) is 2.84. The van der Waals surface area contributed by atoms with Gasteiger partial charge in [0.15, 0.2) is 6.61 Å². The summed E-state index contributed by atoms with van der Waals surface area (Å²) in [5.41, 5.74) is 1.46. The first-order valence-electron chi connectivity index (χ1n) is 8.49. The number of benzene rings is 2. The second-order valence-electron chi connectivity index (χ2n) is 5.93. The zero-order valence-electron chi connectivity index (χ0n) is 15.4. The molecule has 0 bridgehead atoms. The van der Waals surface area contributed by atoms with Gasteiger partial charge in [0.05, 0.1) is 4.90 Å². The highest BCUT2D eigenvalue weighted by molar-refractivity contribution is 7.92. The van der Waals surface area contributed by atoms with E-state index in [0.29, 0.717) is 24.6 Å².